The van der Waals surface area contributed by atoms with E-state index in [-0.39, 0.29) is 5.13 Å². The molecule has 0 saturated carbocycles. The molecule has 0 atom stereocenters. The summed E-state index contributed by atoms with van der Waals surface area (Å²) in [4.78, 5) is 0. The van der Waals surface area contributed by atoms with Crippen LogP contribution in [0.15, 0.2) is 0 Å². The summed E-state index contributed by atoms with van der Waals surface area (Å²) in [5.41, 5.74) is 0. The van der Waals surface area contributed by atoms with Gasteiger partial charge in [0, 0.05) is 17.8 Å². The minimum absolute atomic E-state index is 0.211. The second-order valence-corrected chi connectivity index (χ2v) is 6.09. The number of aromatic nitrogens is 2. The van der Waals surface area contributed by atoms with Crippen LogP contribution in [-0.2, 0) is 16.4 Å². The summed E-state index contributed by atoms with van der Waals surface area (Å²) < 4.78 is 25.0. The van der Waals surface area contributed by atoms with Gasteiger partial charge in [0.15, 0.2) is 10.0 Å². The van der Waals surface area contributed by atoms with Crippen molar-refractivity contribution in [2.75, 3.05) is 6.26 Å². The summed E-state index contributed by atoms with van der Waals surface area (Å²) in [7, 11) is -3.36. The Morgan fingerprint density at radius 3 is 2.57 bits per heavy atom. The second-order valence-electron chi connectivity index (χ2n) is 3.40. The fraction of sp³-hybridized carbons (Fsp3) is 0.714. The van der Waals surface area contributed by atoms with Crippen LogP contribution in [0.5, 0.6) is 0 Å². The molecule has 5 nitrogen and oxygen atoms in total. The topological polar surface area (TPSA) is 74.0 Å². The Bertz CT molecular complexity index is 397. The molecule has 1 heterocycles. The largest absolute Gasteiger partial charge is 0.347 e. The lowest BCUT2D eigenvalue weighted by Crippen LogP contribution is -1.92. The van der Waals surface area contributed by atoms with Crippen molar-refractivity contribution < 1.29 is 8.42 Å². The van der Waals surface area contributed by atoms with Crippen molar-refractivity contribution in [2.45, 2.75) is 20.3 Å². The molecule has 0 bridgehead atoms. The monoisotopic (exact) mass is 234 g/mol. The van der Waals surface area contributed by atoms with Crippen LogP contribution in [0.4, 0.5) is 5.13 Å². The number of sulfonamides is 1. The van der Waals surface area contributed by atoms with E-state index in [2.05, 4.69) is 28.8 Å². The molecule has 0 spiro atoms. The Kier molecular flexibility index (Phi) is 3.43. The minimum atomic E-state index is -3.36. The van der Waals surface area contributed by atoms with E-state index in [0.717, 1.165) is 17.7 Å². The van der Waals surface area contributed by atoms with E-state index in [9.17, 15) is 8.42 Å². The zero-order chi connectivity index (χ0) is 10.8. The molecule has 0 aromatic carbocycles. The van der Waals surface area contributed by atoms with Crippen molar-refractivity contribution in [1.29, 1.82) is 0 Å². The molecule has 0 aliphatic carbocycles. The SMILES string of the molecule is CC(C)Cc1nnc([N-]S(C)(=O)=O)s1. The molecule has 0 aliphatic rings. The van der Waals surface area contributed by atoms with E-state index in [1.165, 1.54) is 11.3 Å². The lowest BCUT2D eigenvalue weighted by atomic mass is 10.1. The summed E-state index contributed by atoms with van der Waals surface area (Å²) >= 11 is 1.22. The van der Waals surface area contributed by atoms with Gasteiger partial charge in [0.1, 0.15) is 0 Å². The summed E-state index contributed by atoms with van der Waals surface area (Å²) in [6.07, 6.45) is 1.84. The normalized spacial score (nSPS) is 12.0. The molecule has 0 unspecified atom stereocenters. The molecule has 0 amide bonds. The number of hydrogen-bond donors (Lipinski definition) is 0. The van der Waals surface area contributed by atoms with E-state index < -0.39 is 10.0 Å². The Labute approximate surface area is 87.6 Å². The first-order valence-electron chi connectivity index (χ1n) is 4.12. The summed E-state index contributed by atoms with van der Waals surface area (Å²) in [6.45, 7) is 4.13. The second kappa shape index (κ2) is 4.22. The summed E-state index contributed by atoms with van der Waals surface area (Å²) in [5.74, 6) is 0.481. The molecule has 0 saturated heterocycles. The average Bonchev–Trinajstić information content (AvgIpc) is 2.30. The standard InChI is InChI=1S/C7H12N3O2S2/c1-5(2)4-6-8-9-7(13-6)10-14(3,11)12/h5H,4H2,1-3H3/q-1. The fourth-order valence-electron chi connectivity index (χ4n) is 0.855. The van der Waals surface area contributed by atoms with Gasteiger partial charge in [-0.05, 0) is 5.92 Å². The molecule has 7 heteroatoms. The lowest BCUT2D eigenvalue weighted by molar-refractivity contribution is 0.608. The zero-order valence-electron chi connectivity index (χ0n) is 8.26. The van der Waals surface area contributed by atoms with Crippen molar-refractivity contribution in [3.05, 3.63) is 9.73 Å². The van der Waals surface area contributed by atoms with Gasteiger partial charge >= 0.3 is 0 Å². The van der Waals surface area contributed by atoms with Crippen molar-refractivity contribution in [3.63, 3.8) is 0 Å². The highest BCUT2D eigenvalue weighted by Crippen LogP contribution is 2.26. The third-order valence-corrected chi connectivity index (χ3v) is 2.74. The molecule has 0 radical (unpaired) electrons. The molecule has 1 aromatic rings. The molecule has 1 rings (SSSR count). The van der Waals surface area contributed by atoms with Crippen LogP contribution in [0.25, 0.3) is 4.72 Å². The van der Waals surface area contributed by atoms with E-state index >= 15 is 0 Å². The van der Waals surface area contributed by atoms with Gasteiger partial charge in [0.25, 0.3) is 0 Å². The molecule has 80 valence electrons. The number of nitrogens with zero attached hydrogens (tertiary/aromatic N) is 3. The van der Waals surface area contributed by atoms with Crippen LogP contribution in [0.1, 0.15) is 18.9 Å². The van der Waals surface area contributed by atoms with Gasteiger partial charge in [-0.1, -0.05) is 13.8 Å². The van der Waals surface area contributed by atoms with Crippen LogP contribution >= 0.6 is 11.3 Å². The van der Waals surface area contributed by atoms with Crippen molar-refractivity contribution in [3.8, 4) is 0 Å². The van der Waals surface area contributed by atoms with Crippen LogP contribution < -0.4 is 0 Å². The lowest BCUT2D eigenvalue weighted by Gasteiger charge is -2.04. The molecule has 0 N–H and O–H groups in total. The molecule has 1 aromatic heterocycles. The van der Waals surface area contributed by atoms with Gasteiger partial charge in [0.2, 0.25) is 0 Å². The predicted octanol–water partition coefficient (Wildman–Crippen LogP) is 1.70. The Morgan fingerprint density at radius 1 is 1.43 bits per heavy atom. The van der Waals surface area contributed by atoms with Gasteiger partial charge in [-0.3, -0.25) is 5.10 Å². The van der Waals surface area contributed by atoms with E-state index in [1.54, 1.807) is 0 Å². The third kappa shape index (κ3) is 4.01. The molecule has 14 heavy (non-hydrogen) atoms. The number of hydrogen-bond acceptors (Lipinski definition) is 5. The van der Waals surface area contributed by atoms with Crippen LogP contribution in [0, 0.1) is 5.92 Å². The van der Waals surface area contributed by atoms with Crippen LogP contribution in [0.3, 0.4) is 0 Å². The van der Waals surface area contributed by atoms with Crippen molar-refractivity contribution in [1.82, 2.24) is 10.2 Å². The first-order valence-corrected chi connectivity index (χ1v) is 6.78. The summed E-state index contributed by atoms with van der Waals surface area (Å²) in [6, 6.07) is 0. The van der Waals surface area contributed by atoms with Crippen LogP contribution in [0.2, 0.25) is 0 Å². The summed E-state index contributed by atoms with van der Waals surface area (Å²) in [5, 5.41) is 8.56. The van der Waals surface area contributed by atoms with Gasteiger partial charge in [-0.25, -0.2) is 8.42 Å². The molecule has 0 aliphatic heterocycles. The molecular weight excluding hydrogens is 222 g/mol. The maximum absolute atomic E-state index is 10.8. The Hall–Kier alpha value is -0.690. The quantitative estimate of drug-likeness (QED) is 0.794. The zero-order valence-corrected chi connectivity index (χ0v) is 9.89. The van der Waals surface area contributed by atoms with Crippen molar-refractivity contribution in [2.24, 2.45) is 5.92 Å². The Balaban J connectivity index is 2.69. The van der Waals surface area contributed by atoms with Gasteiger partial charge in [-0.15, -0.1) is 11.3 Å². The average molecular weight is 234 g/mol. The van der Waals surface area contributed by atoms with Crippen LogP contribution in [-0.4, -0.2) is 24.9 Å². The first kappa shape index (κ1) is 11.4. The van der Waals surface area contributed by atoms with E-state index in [4.69, 9.17) is 0 Å². The van der Waals surface area contributed by atoms with Gasteiger partial charge < -0.3 is 9.82 Å². The van der Waals surface area contributed by atoms with Gasteiger partial charge in [0.05, 0.1) is 5.01 Å². The highest BCUT2D eigenvalue weighted by Gasteiger charge is 2.02. The molecular formula is C7H12N3O2S2-. The smallest absolute Gasteiger partial charge is 0.171 e. The Morgan fingerprint density at radius 2 is 2.07 bits per heavy atom. The molecule has 0 fully saturated rings. The third-order valence-electron chi connectivity index (χ3n) is 1.28. The maximum Gasteiger partial charge on any atom is 0.171 e. The maximum atomic E-state index is 10.8. The first-order chi connectivity index (χ1) is 6.37. The highest BCUT2D eigenvalue weighted by molar-refractivity contribution is 7.93. The van der Waals surface area contributed by atoms with Gasteiger partial charge in [-0.2, -0.15) is 0 Å². The number of rotatable bonds is 4. The van der Waals surface area contributed by atoms with E-state index in [0.29, 0.717) is 5.92 Å². The fourth-order valence-corrected chi connectivity index (χ4v) is 2.52. The van der Waals surface area contributed by atoms with Crippen molar-refractivity contribution >= 4 is 26.5 Å². The van der Waals surface area contributed by atoms with E-state index in [1.807, 2.05) is 0 Å². The predicted molar refractivity (Wildman–Crippen MR) is 56.3 cm³/mol. The highest BCUT2D eigenvalue weighted by atomic mass is 32.2. The minimum Gasteiger partial charge on any atom is -0.347 e.